The van der Waals surface area contributed by atoms with Crippen molar-refractivity contribution < 1.29 is 14.3 Å². The number of carbonyl (C=O) groups excluding carboxylic acids is 1. The fourth-order valence-corrected chi connectivity index (χ4v) is 4.69. The Balaban J connectivity index is 1.19. The Morgan fingerprint density at radius 2 is 2.00 bits per heavy atom. The molecule has 0 spiro atoms. The molecule has 3 aromatic heterocycles. The lowest BCUT2D eigenvalue weighted by Gasteiger charge is -2.16. The molecule has 0 radical (unpaired) electrons. The molecule has 1 aliphatic heterocycles. The Hall–Kier alpha value is -4.99. The fourth-order valence-electron chi connectivity index (χ4n) is 4.69. The van der Waals surface area contributed by atoms with Crippen LogP contribution in [-0.4, -0.2) is 54.5 Å². The largest absolute Gasteiger partial charge is 0.472 e. The van der Waals surface area contributed by atoms with Gasteiger partial charge in [0.2, 0.25) is 11.8 Å². The van der Waals surface area contributed by atoms with Crippen LogP contribution < -0.4 is 14.8 Å². The number of rotatable bonds is 7. The van der Waals surface area contributed by atoms with Crippen molar-refractivity contribution in [1.82, 2.24) is 29.4 Å². The van der Waals surface area contributed by atoms with Crippen molar-refractivity contribution in [2.45, 2.75) is 19.4 Å². The molecule has 0 unspecified atom stereocenters. The van der Waals surface area contributed by atoms with Gasteiger partial charge in [-0.3, -0.25) is 4.79 Å². The SMILES string of the molecule is C=CC(=O)N1CC[C@H](Oc2ccc3ncnc(Nc4ccc(Oc5ccc6c(c5)ncn6C)c(C)c4)c3n2)C1. The predicted octanol–water partition coefficient (Wildman–Crippen LogP) is 4.92. The number of aromatic nitrogens is 5. The van der Waals surface area contributed by atoms with Gasteiger partial charge in [0.05, 0.1) is 29.4 Å². The molecule has 196 valence electrons. The highest BCUT2D eigenvalue weighted by Crippen LogP contribution is 2.31. The van der Waals surface area contributed by atoms with Gasteiger partial charge in [0.1, 0.15) is 29.4 Å². The average molecular weight is 522 g/mol. The molecule has 1 N–H and O–H groups in total. The number of amides is 1. The van der Waals surface area contributed by atoms with Gasteiger partial charge in [-0.1, -0.05) is 6.58 Å². The number of anilines is 2. The maximum atomic E-state index is 11.9. The smallest absolute Gasteiger partial charge is 0.246 e. The van der Waals surface area contributed by atoms with Crippen molar-refractivity contribution in [3.63, 3.8) is 0 Å². The molecule has 39 heavy (non-hydrogen) atoms. The zero-order valence-corrected chi connectivity index (χ0v) is 21.7. The molecule has 1 amide bonds. The van der Waals surface area contributed by atoms with Crippen LogP contribution >= 0.6 is 0 Å². The third-order valence-corrected chi connectivity index (χ3v) is 6.74. The summed E-state index contributed by atoms with van der Waals surface area (Å²) in [5.74, 6) is 2.41. The first-order valence-corrected chi connectivity index (χ1v) is 12.6. The summed E-state index contributed by atoms with van der Waals surface area (Å²) in [6.45, 7) is 6.69. The van der Waals surface area contributed by atoms with Gasteiger partial charge in [-0.05, 0) is 55.0 Å². The van der Waals surface area contributed by atoms with Crippen molar-refractivity contribution >= 4 is 39.5 Å². The number of nitrogens with zero attached hydrogens (tertiary/aromatic N) is 6. The Bertz CT molecular complexity index is 1710. The van der Waals surface area contributed by atoms with Crippen LogP contribution in [0.3, 0.4) is 0 Å². The van der Waals surface area contributed by atoms with E-state index < -0.39 is 0 Å². The summed E-state index contributed by atoms with van der Waals surface area (Å²) in [4.78, 5) is 31.5. The molecule has 1 aliphatic rings. The van der Waals surface area contributed by atoms with Crippen LogP contribution in [0.4, 0.5) is 11.5 Å². The minimum absolute atomic E-state index is 0.0894. The van der Waals surface area contributed by atoms with Gasteiger partial charge in [-0.25, -0.2) is 19.9 Å². The second-order valence-electron chi connectivity index (χ2n) is 9.47. The van der Waals surface area contributed by atoms with Crippen LogP contribution in [-0.2, 0) is 11.8 Å². The monoisotopic (exact) mass is 521 g/mol. The Morgan fingerprint density at radius 1 is 1.10 bits per heavy atom. The van der Waals surface area contributed by atoms with Gasteiger partial charge in [0, 0.05) is 37.8 Å². The summed E-state index contributed by atoms with van der Waals surface area (Å²) in [6, 6.07) is 15.3. The molecule has 10 heteroatoms. The summed E-state index contributed by atoms with van der Waals surface area (Å²) in [7, 11) is 1.97. The molecule has 0 aliphatic carbocycles. The van der Waals surface area contributed by atoms with Crippen LogP contribution in [0.5, 0.6) is 17.4 Å². The average Bonchev–Trinajstić information content (AvgIpc) is 3.56. The number of carbonyl (C=O) groups is 1. The second kappa shape index (κ2) is 10.1. The molecular weight excluding hydrogens is 494 g/mol. The van der Waals surface area contributed by atoms with Gasteiger partial charge >= 0.3 is 0 Å². The topological polar surface area (TPSA) is 107 Å². The molecule has 0 saturated carbocycles. The number of aryl methyl sites for hydroxylation is 2. The first-order valence-electron chi connectivity index (χ1n) is 12.6. The number of likely N-dealkylation sites (tertiary alicyclic amines) is 1. The summed E-state index contributed by atoms with van der Waals surface area (Å²) in [5.41, 5.74) is 5.00. The molecule has 2 aromatic carbocycles. The van der Waals surface area contributed by atoms with Crippen LogP contribution in [0.1, 0.15) is 12.0 Å². The molecular formula is C29H27N7O3. The highest BCUT2D eigenvalue weighted by atomic mass is 16.5. The van der Waals surface area contributed by atoms with E-state index in [1.54, 1.807) is 17.3 Å². The first-order chi connectivity index (χ1) is 19.0. The summed E-state index contributed by atoms with van der Waals surface area (Å²) in [6.07, 6.45) is 5.22. The van der Waals surface area contributed by atoms with Crippen molar-refractivity contribution in [3.8, 4) is 17.4 Å². The molecule has 4 heterocycles. The molecule has 6 rings (SSSR count). The number of pyridine rings is 1. The zero-order valence-electron chi connectivity index (χ0n) is 21.7. The Morgan fingerprint density at radius 3 is 2.85 bits per heavy atom. The number of ether oxygens (including phenoxy) is 2. The first kappa shape index (κ1) is 24.4. The van der Waals surface area contributed by atoms with Gasteiger partial charge in [0.25, 0.3) is 0 Å². The lowest BCUT2D eigenvalue weighted by Crippen LogP contribution is -2.29. The van der Waals surface area contributed by atoms with Crippen LogP contribution in [0.15, 0.2) is 73.8 Å². The van der Waals surface area contributed by atoms with E-state index in [0.717, 1.165) is 40.2 Å². The maximum absolute atomic E-state index is 11.9. The second-order valence-corrected chi connectivity index (χ2v) is 9.47. The lowest BCUT2D eigenvalue weighted by molar-refractivity contribution is -0.125. The minimum atomic E-state index is -0.131. The standard InChI is InChI=1S/C29H27N7O3/c1-4-27(37)36-12-11-21(15-36)39-26-10-7-22-28(34-26)29(31-16-30-22)33-19-5-9-25(18(2)13-19)38-20-6-8-24-23(14-20)32-17-35(24)3/h4-10,13-14,16-17,21H,1,11-12,15H2,2-3H3,(H,30,31,33)/t21-/m0/s1. The zero-order chi connectivity index (χ0) is 26.9. The molecule has 1 atom stereocenters. The molecule has 10 nitrogen and oxygen atoms in total. The quantitative estimate of drug-likeness (QED) is 0.301. The van der Waals surface area contributed by atoms with E-state index in [0.29, 0.717) is 35.8 Å². The number of hydrogen-bond acceptors (Lipinski definition) is 8. The number of nitrogens with one attached hydrogen (secondary N) is 1. The van der Waals surface area contributed by atoms with Crippen LogP contribution in [0.2, 0.25) is 0 Å². The maximum Gasteiger partial charge on any atom is 0.246 e. The molecule has 0 bridgehead atoms. The molecule has 1 fully saturated rings. The van der Waals surface area contributed by atoms with Gasteiger partial charge in [0.15, 0.2) is 5.82 Å². The van der Waals surface area contributed by atoms with E-state index in [-0.39, 0.29) is 12.0 Å². The van der Waals surface area contributed by atoms with E-state index in [1.165, 1.54) is 12.4 Å². The van der Waals surface area contributed by atoms with E-state index in [4.69, 9.17) is 9.47 Å². The summed E-state index contributed by atoms with van der Waals surface area (Å²) >= 11 is 0. The van der Waals surface area contributed by atoms with E-state index in [2.05, 4.69) is 31.8 Å². The van der Waals surface area contributed by atoms with E-state index in [1.807, 2.05) is 61.0 Å². The predicted molar refractivity (Wildman–Crippen MR) is 148 cm³/mol. The van der Waals surface area contributed by atoms with Crippen molar-refractivity contribution in [2.24, 2.45) is 7.05 Å². The normalized spacial score (nSPS) is 15.0. The summed E-state index contributed by atoms with van der Waals surface area (Å²) in [5, 5.41) is 3.35. The van der Waals surface area contributed by atoms with Crippen molar-refractivity contribution in [1.29, 1.82) is 0 Å². The number of imidazole rings is 1. The van der Waals surface area contributed by atoms with Gasteiger partial charge in [-0.2, -0.15) is 0 Å². The van der Waals surface area contributed by atoms with Crippen molar-refractivity contribution in [3.05, 3.63) is 79.4 Å². The minimum Gasteiger partial charge on any atom is -0.472 e. The highest BCUT2D eigenvalue weighted by Gasteiger charge is 2.26. The van der Waals surface area contributed by atoms with Crippen LogP contribution in [0.25, 0.3) is 22.1 Å². The highest BCUT2D eigenvalue weighted by molar-refractivity contribution is 5.88. The van der Waals surface area contributed by atoms with E-state index in [9.17, 15) is 4.79 Å². The Labute approximate surface area is 224 Å². The molecule has 1 saturated heterocycles. The van der Waals surface area contributed by atoms with Gasteiger partial charge < -0.3 is 24.3 Å². The van der Waals surface area contributed by atoms with Crippen molar-refractivity contribution in [2.75, 3.05) is 18.4 Å². The summed E-state index contributed by atoms with van der Waals surface area (Å²) < 4.78 is 14.2. The fraction of sp³-hybridized carbons (Fsp3) is 0.207. The number of fused-ring (bicyclic) bond motifs is 2. The number of hydrogen-bond donors (Lipinski definition) is 1. The lowest BCUT2D eigenvalue weighted by atomic mass is 10.2. The van der Waals surface area contributed by atoms with Gasteiger partial charge in [-0.15, -0.1) is 0 Å². The van der Waals surface area contributed by atoms with Crippen LogP contribution in [0, 0.1) is 6.92 Å². The Kier molecular flexibility index (Phi) is 6.28. The number of benzene rings is 2. The third kappa shape index (κ3) is 4.96. The molecule has 5 aromatic rings. The third-order valence-electron chi connectivity index (χ3n) is 6.74. The van der Waals surface area contributed by atoms with E-state index >= 15 is 0 Å².